The van der Waals surface area contributed by atoms with Crippen LogP contribution in [0.2, 0.25) is 0 Å². The number of nitrogens with zero attached hydrogens (tertiary/aromatic N) is 2. The van der Waals surface area contributed by atoms with Crippen molar-refractivity contribution in [3.8, 4) is 11.3 Å². The zero-order valence-electron chi connectivity index (χ0n) is 17.6. The second-order valence-electron chi connectivity index (χ2n) is 5.92. The molecule has 3 aromatic rings. The van der Waals surface area contributed by atoms with Gasteiger partial charge in [-0.3, -0.25) is 0 Å². The van der Waals surface area contributed by atoms with Crippen LogP contribution in [0.15, 0.2) is 28.8 Å². The van der Waals surface area contributed by atoms with Crippen molar-refractivity contribution in [3.63, 3.8) is 0 Å². The monoisotopic (exact) mass is 299 g/mol. The molecule has 0 aliphatic carbocycles. The van der Waals surface area contributed by atoms with Crippen LogP contribution in [0.5, 0.6) is 0 Å². The van der Waals surface area contributed by atoms with Gasteiger partial charge in [0.1, 0.15) is 7.05 Å². The Morgan fingerprint density at radius 1 is 1.27 bits per heavy atom. The summed E-state index contributed by atoms with van der Waals surface area (Å²) in [6, 6.07) is 6.13. The second-order valence-corrected chi connectivity index (χ2v) is 5.92. The molecule has 3 rings (SSSR count). The molecule has 0 radical (unpaired) electrons. The van der Waals surface area contributed by atoms with E-state index in [1.165, 1.54) is 23.6 Å². The lowest BCUT2D eigenvalue weighted by Gasteiger charge is -2.08. The van der Waals surface area contributed by atoms with Crippen LogP contribution in [-0.2, 0) is 7.05 Å². The number of aromatic nitrogens is 2. The van der Waals surface area contributed by atoms with Gasteiger partial charge in [-0.1, -0.05) is 25.4 Å². The summed E-state index contributed by atoms with van der Waals surface area (Å²) in [5, 5.41) is 0. The minimum Gasteiger partial charge on any atom is -0.440 e. The van der Waals surface area contributed by atoms with Crippen molar-refractivity contribution >= 4 is 11.1 Å². The van der Waals surface area contributed by atoms with Crippen LogP contribution in [0.3, 0.4) is 0 Å². The van der Waals surface area contributed by atoms with Gasteiger partial charge in [0.25, 0.3) is 0 Å². The van der Waals surface area contributed by atoms with Gasteiger partial charge >= 0.3 is 0 Å². The summed E-state index contributed by atoms with van der Waals surface area (Å²) in [4.78, 5) is 4.27. The largest absolute Gasteiger partial charge is 0.440 e. The van der Waals surface area contributed by atoms with E-state index < -0.39 is 12.7 Å². The summed E-state index contributed by atoms with van der Waals surface area (Å²) < 4.78 is 38.6. The molecule has 2 heterocycles. The fraction of sp³-hybridized carbons (Fsp3) is 0.368. The van der Waals surface area contributed by atoms with E-state index in [0.717, 1.165) is 11.3 Å². The smallest absolute Gasteiger partial charge is 0.216 e. The molecule has 3 nitrogen and oxygen atoms in total. The lowest BCUT2D eigenvalue weighted by atomic mass is 9.97. The van der Waals surface area contributed by atoms with Gasteiger partial charge in [-0.2, -0.15) is 4.57 Å². The zero-order chi connectivity index (χ0) is 19.4. The molecule has 0 bridgehead atoms. The van der Waals surface area contributed by atoms with Crippen LogP contribution in [0, 0.1) is 20.8 Å². The average Bonchev–Trinajstić information content (AvgIpc) is 2.92. The van der Waals surface area contributed by atoms with Gasteiger partial charge in [0.2, 0.25) is 5.69 Å². The number of fused-ring (bicyclic) bond motifs is 1. The highest BCUT2D eigenvalue weighted by Crippen LogP contribution is 2.28. The van der Waals surface area contributed by atoms with Crippen LogP contribution in [0.25, 0.3) is 22.4 Å². The lowest BCUT2D eigenvalue weighted by Crippen LogP contribution is -2.30. The first-order valence-electron chi connectivity index (χ1n) is 9.31. The maximum Gasteiger partial charge on any atom is 0.216 e. The van der Waals surface area contributed by atoms with E-state index >= 15 is 0 Å². The molecular weight excluding hydrogens is 272 g/mol. The predicted octanol–water partition coefficient (Wildman–Crippen LogP) is 4.37. The van der Waals surface area contributed by atoms with E-state index in [1.807, 2.05) is 23.9 Å². The van der Waals surface area contributed by atoms with Crippen LogP contribution >= 0.6 is 0 Å². The molecule has 0 saturated carbocycles. The molecule has 3 heteroatoms. The van der Waals surface area contributed by atoms with Gasteiger partial charge in [0.15, 0.2) is 23.2 Å². The van der Waals surface area contributed by atoms with E-state index in [0.29, 0.717) is 11.1 Å². The first-order valence-corrected chi connectivity index (χ1v) is 7.31. The summed E-state index contributed by atoms with van der Waals surface area (Å²) in [7, 11) is 1.92. The number of aryl methyl sites for hydroxylation is 3. The van der Waals surface area contributed by atoms with Gasteiger partial charge < -0.3 is 4.42 Å². The summed E-state index contributed by atoms with van der Waals surface area (Å²) >= 11 is 0. The van der Waals surface area contributed by atoms with Crippen molar-refractivity contribution in [1.29, 1.82) is 0 Å². The van der Waals surface area contributed by atoms with Crippen molar-refractivity contribution in [2.24, 2.45) is 7.05 Å². The van der Waals surface area contributed by atoms with Crippen molar-refractivity contribution in [2.75, 3.05) is 0 Å². The van der Waals surface area contributed by atoms with Crippen molar-refractivity contribution in [2.45, 2.75) is 40.4 Å². The van der Waals surface area contributed by atoms with Crippen molar-refractivity contribution in [1.82, 2.24) is 4.98 Å². The number of rotatable bonds is 2. The summed E-state index contributed by atoms with van der Waals surface area (Å²) in [5.74, 6) is -2.00. The SMILES string of the molecule is [2H]C([2H])([2H])C([2H])(C)c1nc2c[n+](C)c(-c3cc(C)cc(C)c3C)cc2o1. The molecule has 114 valence electrons. The third kappa shape index (κ3) is 2.41. The molecule has 2 aromatic heterocycles. The van der Waals surface area contributed by atoms with Crippen molar-refractivity contribution < 1.29 is 14.5 Å². The van der Waals surface area contributed by atoms with Crippen LogP contribution in [0.1, 0.15) is 47.7 Å². The Morgan fingerprint density at radius 3 is 2.77 bits per heavy atom. The Hall–Kier alpha value is -2.16. The molecule has 22 heavy (non-hydrogen) atoms. The summed E-state index contributed by atoms with van der Waals surface area (Å²) in [5.41, 5.74) is 6.62. The van der Waals surface area contributed by atoms with E-state index in [9.17, 15) is 0 Å². The first-order chi connectivity index (χ1) is 11.9. The Bertz CT molecular complexity index is 1000. The van der Waals surface area contributed by atoms with E-state index in [4.69, 9.17) is 9.90 Å². The Morgan fingerprint density at radius 2 is 2.05 bits per heavy atom. The molecule has 0 saturated heterocycles. The Kier molecular flexibility index (Phi) is 2.51. The zero-order valence-corrected chi connectivity index (χ0v) is 13.6. The van der Waals surface area contributed by atoms with Crippen molar-refractivity contribution in [3.05, 3.63) is 47.0 Å². The first kappa shape index (κ1) is 10.5. The average molecular weight is 299 g/mol. The highest BCUT2D eigenvalue weighted by molar-refractivity contribution is 5.76. The van der Waals surface area contributed by atoms with E-state index in [-0.39, 0.29) is 5.89 Å². The van der Waals surface area contributed by atoms with Gasteiger partial charge in [-0.05, 0) is 38.0 Å². The number of pyridine rings is 1. The molecule has 0 fully saturated rings. The molecule has 0 aliphatic heterocycles. The quantitative estimate of drug-likeness (QED) is 0.658. The molecule has 0 N–H and O–H groups in total. The minimum absolute atomic E-state index is 0.0956. The number of oxazole rings is 1. The second kappa shape index (κ2) is 5.24. The fourth-order valence-electron chi connectivity index (χ4n) is 2.75. The van der Waals surface area contributed by atoms with Crippen LogP contribution in [0.4, 0.5) is 0 Å². The Balaban J connectivity index is 2.21. The van der Waals surface area contributed by atoms with Crippen LogP contribution < -0.4 is 4.57 Å². The molecule has 0 amide bonds. The number of benzene rings is 1. The van der Waals surface area contributed by atoms with Crippen LogP contribution in [-0.4, -0.2) is 4.98 Å². The number of hydrogen-bond donors (Lipinski definition) is 0. The Labute approximate surface area is 137 Å². The normalized spacial score (nSPS) is 17.5. The molecular formula is C19H23N2O+. The van der Waals surface area contributed by atoms with Gasteiger partial charge in [0, 0.05) is 16.9 Å². The van der Waals surface area contributed by atoms with E-state index in [1.54, 1.807) is 0 Å². The molecule has 0 spiro atoms. The fourth-order valence-corrected chi connectivity index (χ4v) is 2.75. The third-order valence-corrected chi connectivity index (χ3v) is 4.05. The molecule has 0 aliphatic rings. The molecule has 1 atom stereocenters. The summed E-state index contributed by atoms with van der Waals surface area (Å²) in [6.45, 7) is 5.00. The molecule has 1 unspecified atom stereocenters. The third-order valence-electron chi connectivity index (χ3n) is 4.05. The maximum atomic E-state index is 8.19. The minimum atomic E-state index is -2.52. The summed E-state index contributed by atoms with van der Waals surface area (Å²) in [6.07, 6.45) is 1.81. The highest BCUT2D eigenvalue weighted by Gasteiger charge is 2.19. The predicted molar refractivity (Wildman–Crippen MR) is 88.9 cm³/mol. The maximum absolute atomic E-state index is 8.19. The van der Waals surface area contributed by atoms with Gasteiger partial charge in [-0.25, -0.2) is 4.98 Å². The topological polar surface area (TPSA) is 29.9 Å². The standard InChI is InChI=1S/C19H23N2O/c1-11(2)19-20-16-10-21(6)17(9-18(16)22-19)15-8-12(3)7-13(4)14(15)5/h7-11H,1-6H3/q+1/i1D3,11D. The highest BCUT2D eigenvalue weighted by atomic mass is 16.3. The number of hydrogen-bond acceptors (Lipinski definition) is 2. The molecule has 1 aromatic carbocycles. The lowest BCUT2D eigenvalue weighted by molar-refractivity contribution is -0.659. The van der Waals surface area contributed by atoms with Gasteiger partial charge in [0.05, 0.1) is 6.07 Å². The van der Waals surface area contributed by atoms with Gasteiger partial charge in [-0.15, -0.1) is 0 Å². The van der Waals surface area contributed by atoms with E-state index in [2.05, 4.69) is 37.9 Å².